The molecule has 0 fully saturated rings. The molecule has 0 bridgehead atoms. The quantitative estimate of drug-likeness (QED) is 0.659. The molecule has 5 nitrogen and oxygen atoms in total. The Bertz CT molecular complexity index is 890. The summed E-state index contributed by atoms with van der Waals surface area (Å²) in [5.41, 5.74) is 2.74. The molecule has 0 aliphatic heterocycles. The number of benzene rings is 2. The molecule has 7 heteroatoms. The Kier molecular flexibility index (Phi) is 5.26. The first-order valence-corrected chi connectivity index (χ1v) is 8.37. The highest BCUT2D eigenvalue weighted by atomic mass is 35.5. The number of hydrogen-bond acceptors (Lipinski definition) is 2. The minimum absolute atomic E-state index is 0.348. The van der Waals surface area contributed by atoms with E-state index < -0.39 is 0 Å². The van der Waals surface area contributed by atoms with Crippen LogP contribution in [0.3, 0.4) is 0 Å². The number of nitrogens with zero attached hydrogens (tertiary/aromatic N) is 2. The molecule has 0 aliphatic rings. The van der Waals surface area contributed by atoms with Crippen LogP contribution >= 0.6 is 23.2 Å². The first-order valence-electron chi connectivity index (χ1n) is 7.62. The molecule has 2 amide bonds. The van der Waals surface area contributed by atoms with Gasteiger partial charge < -0.3 is 5.32 Å². The summed E-state index contributed by atoms with van der Waals surface area (Å²) < 4.78 is 1.69. The van der Waals surface area contributed by atoms with Crippen molar-refractivity contribution in [3.8, 4) is 0 Å². The predicted octanol–water partition coefficient (Wildman–Crippen LogP) is 5.19. The molecule has 25 heavy (non-hydrogen) atoms. The number of aryl methyl sites for hydroxylation is 1. The van der Waals surface area contributed by atoms with Crippen LogP contribution in [0.15, 0.2) is 54.7 Å². The van der Waals surface area contributed by atoms with Crippen molar-refractivity contribution in [3.05, 3.63) is 75.9 Å². The molecule has 0 atom stereocenters. The van der Waals surface area contributed by atoms with Gasteiger partial charge in [0.2, 0.25) is 0 Å². The van der Waals surface area contributed by atoms with Crippen molar-refractivity contribution < 1.29 is 4.79 Å². The summed E-state index contributed by atoms with van der Waals surface area (Å²) in [4.78, 5) is 12.0. The molecule has 0 unspecified atom stereocenters. The van der Waals surface area contributed by atoms with Gasteiger partial charge in [0.15, 0.2) is 5.82 Å². The average Bonchev–Trinajstić information content (AvgIpc) is 2.99. The summed E-state index contributed by atoms with van der Waals surface area (Å²) >= 11 is 12.1. The summed E-state index contributed by atoms with van der Waals surface area (Å²) in [5.74, 6) is 0.453. The number of carbonyl (C=O) groups is 1. The number of anilines is 2. The zero-order valence-corrected chi connectivity index (χ0v) is 15.0. The average molecular weight is 375 g/mol. The fourth-order valence-corrected chi connectivity index (χ4v) is 2.72. The van der Waals surface area contributed by atoms with Crippen LogP contribution in [0.25, 0.3) is 0 Å². The lowest BCUT2D eigenvalue weighted by Crippen LogP contribution is -2.19. The van der Waals surface area contributed by atoms with E-state index in [0.717, 1.165) is 16.8 Å². The number of urea groups is 1. The minimum atomic E-state index is -0.348. The maximum absolute atomic E-state index is 12.0. The maximum Gasteiger partial charge on any atom is 0.324 e. The van der Waals surface area contributed by atoms with Crippen molar-refractivity contribution in [3.63, 3.8) is 0 Å². The second-order valence-electron chi connectivity index (χ2n) is 5.58. The summed E-state index contributed by atoms with van der Waals surface area (Å²) in [6, 6.07) is 14.2. The third-order valence-corrected chi connectivity index (χ3v) is 4.13. The molecule has 3 aromatic rings. The number of aromatic nitrogens is 2. The lowest BCUT2D eigenvalue weighted by atomic mass is 10.2. The second-order valence-corrected chi connectivity index (χ2v) is 6.42. The normalized spacial score (nSPS) is 10.5. The van der Waals surface area contributed by atoms with E-state index in [4.69, 9.17) is 23.2 Å². The van der Waals surface area contributed by atoms with Crippen molar-refractivity contribution in [2.24, 2.45) is 0 Å². The molecule has 2 N–H and O–H groups in total. The molecule has 2 aromatic carbocycles. The van der Waals surface area contributed by atoms with Crippen LogP contribution in [0.1, 0.15) is 11.1 Å². The highest BCUT2D eigenvalue weighted by Gasteiger charge is 2.07. The minimum Gasteiger partial charge on any atom is -0.308 e. The number of carbonyl (C=O) groups excluding carboxylic acids is 1. The van der Waals surface area contributed by atoms with E-state index in [1.165, 1.54) is 0 Å². The molecule has 1 aromatic heterocycles. The van der Waals surface area contributed by atoms with Crippen molar-refractivity contribution in [2.75, 3.05) is 10.6 Å². The zero-order chi connectivity index (χ0) is 17.8. The first-order chi connectivity index (χ1) is 12.0. The number of hydrogen-bond donors (Lipinski definition) is 2. The summed E-state index contributed by atoms with van der Waals surface area (Å²) in [6.07, 6.45) is 1.77. The highest BCUT2D eigenvalue weighted by Crippen LogP contribution is 2.22. The van der Waals surface area contributed by atoms with Gasteiger partial charge in [-0.15, -0.1) is 0 Å². The largest absolute Gasteiger partial charge is 0.324 e. The van der Waals surface area contributed by atoms with Crippen molar-refractivity contribution in [2.45, 2.75) is 13.5 Å². The Morgan fingerprint density at radius 3 is 2.56 bits per heavy atom. The molecule has 3 rings (SSSR count). The molecule has 0 saturated carbocycles. The van der Waals surface area contributed by atoms with Crippen LogP contribution in [0, 0.1) is 6.92 Å². The van der Waals surface area contributed by atoms with Crippen molar-refractivity contribution in [1.82, 2.24) is 9.78 Å². The SMILES string of the molecule is Cc1ccc(NC(=O)Nc2ccn(Cc3ccc(Cl)cc3Cl)n2)cc1. The first kappa shape index (κ1) is 17.3. The van der Waals surface area contributed by atoms with Gasteiger partial charge >= 0.3 is 6.03 Å². The van der Waals surface area contributed by atoms with E-state index in [9.17, 15) is 4.79 Å². The van der Waals surface area contributed by atoms with Gasteiger partial charge in [0.1, 0.15) is 0 Å². The molecule has 0 aliphatic carbocycles. The van der Waals surface area contributed by atoms with E-state index in [1.54, 1.807) is 29.1 Å². The number of nitrogens with one attached hydrogen (secondary N) is 2. The molecular formula is C18H16Cl2N4O. The van der Waals surface area contributed by atoms with Gasteiger partial charge in [0, 0.05) is 28.0 Å². The van der Waals surface area contributed by atoms with Gasteiger partial charge in [-0.1, -0.05) is 47.0 Å². The van der Waals surface area contributed by atoms with Crippen molar-refractivity contribution in [1.29, 1.82) is 0 Å². The number of rotatable bonds is 4. The molecule has 0 spiro atoms. The Hall–Kier alpha value is -2.50. The third-order valence-electron chi connectivity index (χ3n) is 3.54. The third kappa shape index (κ3) is 4.75. The number of amides is 2. The Labute approximate surface area is 155 Å². The maximum atomic E-state index is 12.0. The van der Waals surface area contributed by atoms with Gasteiger partial charge in [-0.05, 0) is 36.8 Å². The van der Waals surface area contributed by atoms with E-state index in [0.29, 0.717) is 22.4 Å². The Morgan fingerprint density at radius 1 is 1.08 bits per heavy atom. The number of halogens is 2. The standard InChI is InChI=1S/C18H16Cl2N4O/c1-12-2-6-15(7-3-12)21-18(25)22-17-8-9-24(23-17)11-13-4-5-14(19)10-16(13)20/h2-10H,11H2,1H3,(H2,21,22,23,25). The molecule has 0 saturated heterocycles. The van der Waals surface area contributed by atoms with Gasteiger partial charge in [-0.3, -0.25) is 10.00 Å². The van der Waals surface area contributed by atoms with Gasteiger partial charge in [0.25, 0.3) is 0 Å². The molecule has 128 valence electrons. The van der Waals surface area contributed by atoms with Crippen LogP contribution < -0.4 is 10.6 Å². The zero-order valence-electron chi connectivity index (χ0n) is 13.5. The van der Waals surface area contributed by atoms with E-state index in [1.807, 2.05) is 37.3 Å². The predicted molar refractivity (Wildman–Crippen MR) is 102 cm³/mol. The van der Waals surface area contributed by atoms with Crippen LogP contribution in [-0.2, 0) is 6.54 Å². The highest BCUT2D eigenvalue weighted by molar-refractivity contribution is 6.35. The van der Waals surface area contributed by atoms with Gasteiger partial charge in [0.05, 0.1) is 6.54 Å². The van der Waals surface area contributed by atoms with Crippen LogP contribution in [-0.4, -0.2) is 15.8 Å². The van der Waals surface area contributed by atoms with Crippen LogP contribution in [0.2, 0.25) is 10.0 Å². The van der Waals surface area contributed by atoms with Crippen LogP contribution in [0.5, 0.6) is 0 Å². The van der Waals surface area contributed by atoms with Crippen molar-refractivity contribution >= 4 is 40.7 Å². The monoisotopic (exact) mass is 374 g/mol. The van der Waals surface area contributed by atoms with E-state index >= 15 is 0 Å². The summed E-state index contributed by atoms with van der Waals surface area (Å²) in [6.45, 7) is 2.47. The lowest BCUT2D eigenvalue weighted by Gasteiger charge is -2.06. The summed E-state index contributed by atoms with van der Waals surface area (Å²) in [7, 11) is 0. The lowest BCUT2D eigenvalue weighted by molar-refractivity contribution is 0.262. The second kappa shape index (κ2) is 7.59. The van der Waals surface area contributed by atoms with Gasteiger partial charge in [-0.2, -0.15) is 5.10 Å². The Morgan fingerprint density at radius 2 is 1.84 bits per heavy atom. The van der Waals surface area contributed by atoms with Gasteiger partial charge in [-0.25, -0.2) is 4.79 Å². The summed E-state index contributed by atoms with van der Waals surface area (Å²) in [5, 5.41) is 10.9. The van der Waals surface area contributed by atoms with E-state index in [-0.39, 0.29) is 6.03 Å². The topological polar surface area (TPSA) is 59.0 Å². The fraction of sp³-hybridized carbons (Fsp3) is 0.111. The van der Waals surface area contributed by atoms with Crippen LogP contribution in [0.4, 0.5) is 16.3 Å². The molecular weight excluding hydrogens is 359 g/mol. The van der Waals surface area contributed by atoms with E-state index in [2.05, 4.69) is 15.7 Å². The fourth-order valence-electron chi connectivity index (χ4n) is 2.26. The molecule has 1 heterocycles. The smallest absolute Gasteiger partial charge is 0.308 e. The molecule has 0 radical (unpaired) electrons. The Balaban J connectivity index is 1.61.